The van der Waals surface area contributed by atoms with E-state index >= 15 is 0 Å². The molecule has 94 valence electrons. The first-order chi connectivity index (χ1) is 8.08. The summed E-state index contributed by atoms with van der Waals surface area (Å²) in [5.41, 5.74) is 7.19. The van der Waals surface area contributed by atoms with Crippen molar-refractivity contribution in [3.05, 3.63) is 35.6 Å². The third-order valence-electron chi connectivity index (χ3n) is 3.59. The maximum absolute atomic E-state index is 12.8. The Morgan fingerprint density at radius 1 is 1.41 bits per heavy atom. The van der Waals surface area contributed by atoms with Crippen molar-refractivity contribution in [2.75, 3.05) is 13.2 Å². The fourth-order valence-electron chi connectivity index (χ4n) is 2.45. The second-order valence-electron chi connectivity index (χ2n) is 5.22. The molecule has 3 heteroatoms. The fraction of sp³-hybridized carbons (Fsp3) is 0.571. The number of rotatable bonds is 3. The van der Waals surface area contributed by atoms with Crippen LogP contribution in [0.15, 0.2) is 24.3 Å². The van der Waals surface area contributed by atoms with Crippen molar-refractivity contribution in [2.24, 2.45) is 11.7 Å². The first-order valence-electron chi connectivity index (χ1n) is 6.19. The second kappa shape index (κ2) is 5.15. The number of hydrogen-bond donors (Lipinski definition) is 1. The van der Waals surface area contributed by atoms with Gasteiger partial charge in [-0.05, 0) is 43.9 Å². The van der Waals surface area contributed by atoms with Crippen molar-refractivity contribution in [3.63, 3.8) is 0 Å². The molecular weight excluding hydrogens is 217 g/mol. The predicted octanol–water partition coefficient (Wildman–Crippen LogP) is 2.51. The quantitative estimate of drug-likeness (QED) is 0.876. The van der Waals surface area contributed by atoms with Crippen molar-refractivity contribution in [3.8, 4) is 0 Å². The van der Waals surface area contributed by atoms with Gasteiger partial charge in [-0.3, -0.25) is 0 Å². The van der Waals surface area contributed by atoms with E-state index in [2.05, 4.69) is 6.92 Å². The Balaban J connectivity index is 2.02. The van der Waals surface area contributed by atoms with Gasteiger partial charge in [0.15, 0.2) is 0 Å². The van der Waals surface area contributed by atoms with Crippen LogP contribution >= 0.6 is 0 Å². The Kier molecular flexibility index (Phi) is 3.79. The fourth-order valence-corrected chi connectivity index (χ4v) is 2.45. The minimum absolute atomic E-state index is 0.200. The van der Waals surface area contributed by atoms with Crippen molar-refractivity contribution in [1.29, 1.82) is 0 Å². The molecular formula is C14H20FNO. The topological polar surface area (TPSA) is 35.2 Å². The third kappa shape index (κ3) is 3.27. The molecule has 2 N–H and O–H groups in total. The SMILES string of the molecule is CC(N)(Cc1ccc(F)cc1)C1CCCOC1. The molecule has 0 spiro atoms. The summed E-state index contributed by atoms with van der Waals surface area (Å²) >= 11 is 0. The van der Waals surface area contributed by atoms with E-state index in [9.17, 15) is 4.39 Å². The van der Waals surface area contributed by atoms with Gasteiger partial charge in [-0.25, -0.2) is 4.39 Å². The Morgan fingerprint density at radius 3 is 2.71 bits per heavy atom. The summed E-state index contributed by atoms with van der Waals surface area (Å²) in [6.07, 6.45) is 2.97. The lowest BCUT2D eigenvalue weighted by Gasteiger charge is -2.36. The van der Waals surface area contributed by atoms with Crippen LogP contribution in [-0.2, 0) is 11.2 Å². The second-order valence-corrected chi connectivity index (χ2v) is 5.22. The molecule has 0 amide bonds. The van der Waals surface area contributed by atoms with E-state index in [4.69, 9.17) is 10.5 Å². The molecule has 1 aliphatic rings. The summed E-state index contributed by atoms with van der Waals surface area (Å²) in [6.45, 7) is 3.66. The van der Waals surface area contributed by atoms with Crippen LogP contribution in [0, 0.1) is 11.7 Å². The predicted molar refractivity (Wildman–Crippen MR) is 66.2 cm³/mol. The molecule has 2 rings (SSSR count). The van der Waals surface area contributed by atoms with E-state index in [-0.39, 0.29) is 11.4 Å². The number of hydrogen-bond acceptors (Lipinski definition) is 2. The first kappa shape index (κ1) is 12.5. The highest BCUT2D eigenvalue weighted by Gasteiger charge is 2.31. The molecule has 17 heavy (non-hydrogen) atoms. The molecule has 0 bridgehead atoms. The molecule has 1 saturated heterocycles. The highest BCUT2D eigenvalue weighted by molar-refractivity contribution is 5.19. The smallest absolute Gasteiger partial charge is 0.123 e. The molecule has 0 aromatic heterocycles. The van der Waals surface area contributed by atoms with Crippen molar-refractivity contribution < 1.29 is 9.13 Å². The summed E-state index contributed by atoms with van der Waals surface area (Å²) in [7, 11) is 0. The molecule has 1 aromatic carbocycles. The molecule has 0 saturated carbocycles. The largest absolute Gasteiger partial charge is 0.381 e. The Hall–Kier alpha value is -0.930. The number of benzene rings is 1. The van der Waals surface area contributed by atoms with Crippen LogP contribution in [-0.4, -0.2) is 18.8 Å². The zero-order chi connectivity index (χ0) is 12.3. The highest BCUT2D eigenvalue weighted by Crippen LogP contribution is 2.27. The summed E-state index contributed by atoms with van der Waals surface area (Å²) in [5, 5.41) is 0. The average Bonchev–Trinajstić information content (AvgIpc) is 2.33. The standard InChI is InChI=1S/C14H20FNO/c1-14(16,12-3-2-8-17-10-12)9-11-4-6-13(15)7-5-11/h4-7,12H,2-3,8-10,16H2,1H3. The van der Waals surface area contributed by atoms with Gasteiger partial charge in [0.2, 0.25) is 0 Å². The molecule has 0 aliphatic carbocycles. The van der Waals surface area contributed by atoms with Gasteiger partial charge < -0.3 is 10.5 Å². The lowest BCUT2D eigenvalue weighted by atomic mass is 9.78. The van der Waals surface area contributed by atoms with Crippen LogP contribution in [0.4, 0.5) is 4.39 Å². The Bertz CT molecular complexity index is 355. The van der Waals surface area contributed by atoms with E-state index in [1.807, 2.05) is 12.1 Å². The molecule has 2 atom stereocenters. The van der Waals surface area contributed by atoms with Gasteiger partial charge in [-0.1, -0.05) is 12.1 Å². The van der Waals surface area contributed by atoms with E-state index in [0.717, 1.165) is 38.0 Å². The third-order valence-corrected chi connectivity index (χ3v) is 3.59. The van der Waals surface area contributed by atoms with Gasteiger partial charge >= 0.3 is 0 Å². The van der Waals surface area contributed by atoms with Crippen LogP contribution in [0.5, 0.6) is 0 Å². The van der Waals surface area contributed by atoms with Crippen molar-refractivity contribution >= 4 is 0 Å². The molecule has 0 radical (unpaired) electrons. The summed E-state index contributed by atoms with van der Waals surface area (Å²) < 4.78 is 18.3. The van der Waals surface area contributed by atoms with Gasteiger partial charge in [-0.2, -0.15) is 0 Å². The highest BCUT2D eigenvalue weighted by atomic mass is 19.1. The number of halogens is 1. The lowest BCUT2D eigenvalue weighted by Crippen LogP contribution is -2.49. The van der Waals surface area contributed by atoms with Crippen LogP contribution in [0.3, 0.4) is 0 Å². The van der Waals surface area contributed by atoms with Gasteiger partial charge in [0.25, 0.3) is 0 Å². The zero-order valence-corrected chi connectivity index (χ0v) is 10.3. The van der Waals surface area contributed by atoms with Crippen LogP contribution in [0.25, 0.3) is 0 Å². The monoisotopic (exact) mass is 237 g/mol. The van der Waals surface area contributed by atoms with E-state index in [1.54, 1.807) is 0 Å². The molecule has 1 heterocycles. The lowest BCUT2D eigenvalue weighted by molar-refractivity contribution is 0.0253. The minimum Gasteiger partial charge on any atom is -0.381 e. The van der Waals surface area contributed by atoms with Gasteiger partial charge in [0, 0.05) is 18.1 Å². The Morgan fingerprint density at radius 2 is 2.12 bits per heavy atom. The molecule has 2 unspecified atom stereocenters. The molecule has 1 aliphatic heterocycles. The maximum atomic E-state index is 12.8. The van der Waals surface area contributed by atoms with Crippen molar-refractivity contribution in [2.45, 2.75) is 31.7 Å². The van der Waals surface area contributed by atoms with Crippen LogP contribution < -0.4 is 5.73 Å². The molecule has 1 fully saturated rings. The number of nitrogens with two attached hydrogens (primary N) is 1. The normalized spacial score (nSPS) is 24.3. The molecule has 2 nitrogen and oxygen atoms in total. The zero-order valence-electron chi connectivity index (χ0n) is 10.3. The summed E-state index contributed by atoms with van der Waals surface area (Å²) in [4.78, 5) is 0. The summed E-state index contributed by atoms with van der Waals surface area (Å²) in [5.74, 6) is 0.190. The van der Waals surface area contributed by atoms with Gasteiger partial charge in [0.1, 0.15) is 5.82 Å². The number of ether oxygens (including phenoxy) is 1. The maximum Gasteiger partial charge on any atom is 0.123 e. The van der Waals surface area contributed by atoms with Crippen LogP contribution in [0.1, 0.15) is 25.3 Å². The van der Waals surface area contributed by atoms with E-state index in [0.29, 0.717) is 5.92 Å². The molecule has 1 aromatic rings. The van der Waals surface area contributed by atoms with E-state index < -0.39 is 0 Å². The average molecular weight is 237 g/mol. The summed E-state index contributed by atoms with van der Waals surface area (Å²) in [6, 6.07) is 6.60. The van der Waals surface area contributed by atoms with Gasteiger partial charge in [-0.15, -0.1) is 0 Å². The Labute approximate surface area is 102 Å². The van der Waals surface area contributed by atoms with E-state index in [1.165, 1.54) is 12.1 Å². The van der Waals surface area contributed by atoms with Crippen LogP contribution in [0.2, 0.25) is 0 Å². The first-order valence-corrected chi connectivity index (χ1v) is 6.19. The minimum atomic E-state index is -0.280. The van der Waals surface area contributed by atoms with Crippen molar-refractivity contribution in [1.82, 2.24) is 0 Å². The van der Waals surface area contributed by atoms with Gasteiger partial charge in [0.05, 0.1) is 6.61 Å².